The molecule has 0 amide bonds. The molecule has 5 nitrogen and oxygen atoms in total. The first kappa shape index (κ1) is 16.2. The van der Waals surface area contributed by atoms with E-state index in [2.05, 4.69) is 9.88 Å². The number of hydrogen-bond acceptors (Lipinski definition) is 5. The van der Waals surface area contributed by atoms with Gasteiger partial charge in [-0.15, -0.1) is 0 Å². The summed E-state index contributed by atoms with van der Waals surface area (Å²) in [4.78, 5) is 23.1. The van der Waals surface area contributed by atoms with Crippen LogP contribution in [0.2, 0.25) is 0 Å². The summed E-state index contributed by atoms with van der Waals surface area (Å²) in [5.74, 6) is 2.61. The number of esters is 1. The SMILES string of the molecule is COC(=O)CCC1CCN(c2nc(C)nc3c2CCCC3)CC1. The van der Waals surface area contributed by atoms with Gasteiger partial charge in [0.25, 0.3) is 0 Å². The highest BCUT2D eigenvalue weighted by atomic mass is 16.5. The molecule has 23 heavy (non-hydrogen) atoms. The van der Waals surface area contributed by atoms with E-state index in [0.717, 1.165) is 51.0 Å². The number of nitrogens with zero attached hydrogens (tertiary/aromatic N) is 3. The van der Waals surface area contributed by atoms with Crippen LogP contribution in [0.4, 0.5) is 5.82 Å². The van der Waals surface area contributed by atoms with Gasteiger partial charge in [0.15, 0.2) is 0 Å². The van der Waals surface area contributed by atoms with Crippen LogP contribution in [0.1, 0.15) is 55.6 Å². The van der Waals surface area contributed by atoms with Crippen LogP contribution < -0.4 is 4.90 Å². The van der Waals surface area contributed by atoms with Crippen LogP contribution >= 0.6 is 0 Å². The van der Waals surface area contributed by atoms with E-state index in [0.29, 0.717) is 12.3 Å². The molecule has 1 fully saturated rings. The lowest BCUT2D eigenvalue weighted by molar-refractivity contribution is -0.141. The van der Waals surface area contributed by atoms with Crippen LogP contribution in [0.25, 0.3) is 0 Å². The Morgan fingerprint density at radius 1 is 1.22 bits per heavy atom. The molecule has 1 aliphatic heterocycles. The lowest BCUT2D eigenvalue weighted by Gasteiger charge is -2.35. The van der Waals surface area contributed by atoms with Gasteiger partial charge in [0.05, 0.1) is 7.11 Å². The summed E-state index contributed by atoms with van der Waals surface area (Å²) in [6.45, 7) is 4.07. The van der Waals surface area contributed by atoms with Crippen LogP contribution in [0.5, 0.6) is 0 Å². The van der Waals surface area contributed by atoms with E-state index in [9.17, 15) is 4.79 Å². The summed E-state index contributed by atoms with van der Waals surface area (Å²) >= 11 is 0. The van der Waals surface area contributed by atoms with Crippen LogP contribution in [0.15, 0.2) is 0 Å². The molecule has 0 aromatic carbocycles. The zero-order valence-corrected chi connectivity index (χ0v) is 14.3. The van der Waals surface area contributed by atoms with Crippen LogP contribution in [-0.4, -0.2) is 36.1 Å². The minimum atomic E-state index is -0.0899. The molecule has 0 radical (unpaired) electrons. The van der Waals surface area contributed by atoms with E-state index in [1.165, 1.54) is 37.0 Å². The van der Waals surface area contributed by atoms with Crippen molar-refractivity contribution in [3.8, 4) is 0 Å². The van der Waals surface area contributed by atoms with Crippen molar-refractivity contribution in [1.82, 2.24) is 9.97 Å². The smallest absolute Gasteiger partial charge is 0.305 e. The Hall–Kier alpha value is -1.65. The molecule has 0 atom stereocenters. The second-order valence-corrected chi connectivity index (χ2v) is 6.77. The average molecular weight is 317 g/mol. The summed E-state index contributed by atoms with van der Waals surface area (Å²) in [6, 6.07) is 0. The summed E-state index contributed by atoms with van der Waals surface area (Å²) in [5.41, 5.74) is 2.65. The number of methoxy groups -OCH3 is 1. The van der Waals surface area contributed by atoms with Gasteiger partial charge in [0.1, 0.15) is 11.6 Å². The van der Waals surface area contributed by atoms with Gasteiger partial charge in [-0.1, -0.05) is 0 Å². The summed E-state index contributed by atoms with van der Waals surface area (Å²) in [7, 11) is 1.46. The molecule has 1 aliphatic carbocycles. The van der Waals surface area contributed by atoms with Crippen molar-refractivity contribution >= 4 is 11.8 Å². The molecule has 0 bridgehead atoms. The van der Waals surface area contributed by atoms with Crippen molar-refractivity contribution in [1.29, 1.82) is 0 Å². The van der Waals surface area contributed by atoms with E-state index in [1.54, 1.807) is 0 Å². The van der Waals surface area contributed by atoms with Crippen molar-refractivity contribution in [2.45, 2.75) is 58.3 Å². The van der Waals surface area contributed by atoms with Gasteiger partial charge in [-0.25, -0.2) is 9.97 Å². The van der Waals surface area contributed by atoms with Gasteiger partial charge in [-0.2, -0.15) is 0 Å². The monoisotopic (exact) mass is 317 g/mol. The Morgan fingerprint density at radius 2 is 1.96 bits per heavy atom. The lowest BCUT2D eigenvalue weighted by atomic mass is 9.91. The molecule has 0 spiro atoms. The highest BCUT2D eigenvalue weighted by molar-refractivity contribution is 5.69. The van der Waals surface area contributed by atoms with Crippen molar-refractivity contribution in [2.24, 2.45) is 5.92 Å². The topological polar surface area (TPSA) is 55.3 Å². The molecule has 0 saturated carbocycles. The van der Waals surface area contributed by atoms with Gasteiger partial charge in [0, 0.05) is 30.8 Å². The fourth-order valence-corrected chi connectivity index (χ4v) is 3.81. The summed E-state index contributed by atoms with van der Waals surface area (Å²) in [6.07, 6.45) is 8.48. The number of anilines is 1. The molecule has 0 N–H and O–H groups in total. The molecule has 3 rings (SSSR count). The second-order valence-electron chi connectivity index (χ2n) is 6.77. The third-order valence-corrected chi connectivity index (χ3v) is 5.17. The third kappa shape index (κ3) is 3.82. The number of piperidine rings is 1. The van der Waals surface area contributed by atoms with Gasteiger partial charge in [-0.3, -0.25) is 4.79 Å². The zero-order valence-electron chi connectivity index (χ0n) is 14.3. The number of carbonyl (C=O) groups excluding carboxylic acids is 1. The van der Waals surface area contributed by atoms with Gasteiger partial charge < -0.3 is 9.64 Å². The van der Waals surface area contributed by atoms with Gasteiger partial charge >= 0.3 is 5.97 Å². The Kier molecular flexibility index (Phi) is 5.13. The minimum Gasteiger partial charge on any atom is -0.469 e. The average Bonchev–Trinajstić information content (AvgIpc) is 2.59. The highest BCUT2D eigenvalue weighted by Gasteiger charge is 2.25. The molecule has 2 aliphatic rings. The fraction of sp³-hybridized carbons (Fsp3) is 0.722. The predicted molar refractivity (Wildman–Crippen MR) is 89.6 cm³/mol. The molecule has 1 saturated heterocycles. The van der Waals surface area contributed by atoms with Crippen molar-refractivity contribution < 1.29 is 9.53 Å². The van der Waals surface area contributed by atoms with E-state index >= 15 is 0 Å². The van der Waals surface area contributed by atoms with Crippen LogP contribution in [-0.2, 0) is 22.4 Å². The number of ether oxygens (including phenoxy) is 1. The Labute approximate surface area is 138 Å². The molecular formula is C18H27N3O2. The summed E-state index contributed by atoms with van der Waals surface area (Å²) < 4.78 is 4.74. The maximum Gasteiger partial charge on any atom is 0.305 e. The number of aromatic nitrogens is 2. The molecule has 0 unspecified atom stereocenters. The molecular weight excluding hydrogens is 290 g/mol. The summed E-state index contributed by atoms with van der Waals surface area (Å²) in [5, 5.41) is 0. The number of carbonyl (C=O) groups is 1. The third-order valence-electron chi connectivity index (χ3n) is 5.17. The number of rotatable bonds is 4. The first-order valence-corrected chi connectivity index (χ1v) is 8.85. The Balaban J connectivity index is 1.64. The number of aryl methyl sites for hydroxylation is 2. The second kappa shape index (κ2) is 7.28. The molecule has 1 aromatic rings. The van der Waals surface area contributed by atoms with Crippen molar-refractivity contribution in [2.75, 3.05) is 25.1 Å². The van der Waals surface area contributed by atoms with Crippen LogP contribution in [0.3, 0.4) is 0 Å². The maximum absolute atomic E-state index is 11.3. The standard InChI is InChI=1S/C18H27N3O2/c1-13-19-16-6-4-3-5-15(16)18(20-13)21-11-9-14(10-12-21)7-8-17(22)23-2/h14H,3-12H2,1-2H3. The first-order chi connectivity index (χ1) is 11.2. The fourth-order valence-electron chi connectivity index (χ4n) is 3.81. The largest absolute Gasteiger partial charge is 0.469 e. The van der Waals surface area contributed by atoms with Crippen molar-refractivity contribution in [3.63, 3.8) is 0 Å². The normalized spacial score (nSPS) is 18.6. The van der Waals surface area contributed by atoms with E-state index in [-0.39, 0.29) is 5.97 Å². The van der Waals surface area contributed by atoms with Gasteiger partial charge in [0.2, 0.25) is 0 Å². The van der Waals surface area contributed by atoms with Crippen molar-refractivity contribution in [3.05, 3.63) is 17.1 Å². The first-order valence-electron chi connectivity index (χ1n) is 8.85. The van der Waals surface area contributed by atoms with Crippen LogP contribution in [0, 0.1) is 12.8 Å². The lowest BCUT2D eigenvalue weighted by Crippen LogP contribution is -2.36. The molecule has 126 valence electrons. The van der Waals surface area contributed by atoms with E-state index in [4.69, 9.17) is 9.72 Å². The van der Waals surface area contributed by atoms with E-state index < -0.39 is 0 Å². The quantitative estimate of drug-likeness (QED) is 0.799. The van der Waals surface area contributed by atoms with E-state index in [1.807, 2.05) is 6.92 Å². The Bertz CT molecular complexity index is 566. The molecule has 1 aromatic heterocycles. The highest BCUT2D eigenvalue weighted by Crippen LogP contribution is 2.31. The Morgan fingerprint density at radius 3 is 2.70 bits per heavy atom. The number of fused-ring (bicyclic) bond motifs is 1. The zero-order chi connectivity index (χ0) is 16.2. The minimum absolute atomic E-state index is 0.0899. The predicted octanol–water partition coefficient (Wildman–Crippen LogP) is 2.83. The number of hydrogen-bond donors (Lipinski definition) is 0. The maximum atomic E-state index is 11.3. The molecule has 2 heterocycles. The molecule has 5 heteroatoms. The van der Waals surface area contributed by atoms with Gasteiger partial charge in [-0.05, 0) is 57.8 Å².